The standard InChI is InChI=1S/C21H19ClN2O3S/c22-19-15-3-1-2-4-18(15)28-20(19)21(25)24-9-7-23(8-10-24)12-14-5-6-16-17(11-14)27-13-26-16/h1-6,11H,7-10,12-13H2. The first kappa shape index (κ1) is 17.8. The lowest BCUT2D eigenvalue weighted by Crippen LogP contribution is -2.48. The molecule has 0 bridgehead atoms. The predicted molar refractivity (Wildman–Crippen MR) is 111 cm³/mol. The van der Waals surface area contributed by atoms with Gasteiger partial charge in [0, 0.05) is 42.8 Å². The molecule has 1 fully saturated rings. The maximum atomic E-state index is 13.0. The number of benzene rings is 2. The van der Waals surface area contributed by atoms with Gasteiger partial charge in [0.2, 0.25) is 6.79 Å². The number of carbonyl (C=O) groups is 1. The highest BCUT2D eigenvalue weighted by atomic mass is 35.5. The Morgan fingerprint density at radius 2 is 1.82 bits per heavy atom. The van der Waals surface area contributed by atoms with Gasteiger partial charge in [-0.05, 0) is 23.8 Å². The fourth-order valence-corrected chi connectivity index (χ4v) is 5.18. The monoisotopic (exact) mass is 414 g/mol. The molecule has 1 aromatic heterocycles. The Balaban J connectivity index is 1.24. The third-order valence-electron chi connectivity index (χ3n) is 5.23. The molecule has 3 aromatic rings. The van der Waals surface area contributed by atoms with Crippen molar-refractivity contribution in [2.45, 2.75) is 6.54 Å². The van der Waals surface area contributed by atoms with Crippen LogP contribution in [0.4, 0.5) is 0 Å². The van der Waals surface area contributed by atoms with E-state index in [0.717, 1.165) is 41.2 Å². The van der Waals surface area contributed by atoms with Crippen LogP contribution in [-0.2, 0) is 6.54 Å². The van der Waals surface area contributed by atoms with Gasteiger partial charge in [-0.1, -0.05) is 35.9 Å². The summed E-state index contributed by atoms with van der Waals surface area (Å²) < 4.78 is 11.9. The van der Waals surface area contributed by atoms with E-state index in [-0.39, 0.29) is 5.91 Å². The fraction of sp³-hybridized carbons (Fsp3) is 0.286. The Morgan fingerprint density at radius 3 is 2.64 bits per heavy atom. The molecular formula is C21H19ClN2O3S. The van der Waals surface area contributed by atoms with Crippen LogP contribution in [0.5, 0.6) is 11.5 Å². The highest BCUT2D eigenvalue weighted by Crippen LogP contribution is 2.36. The van der Waals surface area contributed by atoms with Gasteiger partial charge in [-0.2, -0.15) is 0 Å². The average Bonchev–Trinajstić information content (AvgIpc) is 3.32. The van der Waals surface area contributed by atoms with Crippen LogP contribution >= 0.6 is 22.9 Å². The molecule has 0 radical (unpaired) electrons. The van der Waals surface area contributed by atoms with Crippen molar-refractivity contribution in [3.05, 3.63) is 57.9 Å². The van der Waals surface area contributed by atoms with Crippen LogP contribution in [0.3, 0.4) is 0 Å². The quantitative estimate of drug-likeness (QED) is 0.642. The van der Waals surface area contributed by atoms with Crippen molar-refractivity contribution < 1.29 is 14.3 Å². The smallest absolute Gasteiger partial charge is 0.265 e. The molecule has 5 nitrogen and oxygen atoms in total. The van der Waals surface area contributed by atoms with Gasteiger partial charge < -0.3 is 14.4 Å². The molecular weight excluding hydrogens is 396 g/mol. The number of piperazine rings is 1. The lowest BCUT2D eigenvalue weighted by atomic mass is 10.1. The zero-order chi connectivity index (χ0) is 19.1. The number of thiophene rings is 1. The number of hydrogen-bond acceptors (Lipinski definition) is 5. The molecule has 2 aromatic carbocycles. The topological polar surface area (TPSA) is 42.0 Å². The summed E-state index contributed by atoms with van der Waals surface area (Å²) in [4.78, 5) is 17.9. The van der Waals surface area contributed by atoms with Gasteiger partial charge in [0.25, 0.3) is 5.91 Å². The largest absolute Gasteiger partial charge is 0.454 e. The summed E-state index contributed by atoms with van der Waals surface area (Å²) in [5, 5.41) is 1.53. The summed E-state index contributed by atoms with van der Waals surface area (Å²) in [5.41, 5.74) is 1.19. The molecule has 0 unspecified atom stereocenters. The Morgan fingerprint density at radius 1 is 1.04 bits per heavy atom. The Bertz CT molecular complexity index is 1040. The van der Waals surface area contributed by atoms with E-state index in [0.29, 0.717) is 29.8 Å². The SMILES string of the molecule is O=C(c1sc2ccccc2c1Cl)N1CCN(Cc2ccc3c(c2)OCO3)CC1. The summed E-state index contributed by atoms with van der Waals surface area (Å²) in [6.07, 6.45) is 0. The van der Waals surface area contributed by atoms with Gasteiger partial charge in [0.05, 0.1) is 5.02 Å². The molecule has 1 amide bonds. The normalized spacial score (nSPS) is 16.7. The van der Waals surface area contributed by atoms with Crippen molar-refractivity contribution in [1.29, 1.82) is 0 Å². The molecule has 0 aliphatic carbocycles. The maximum absolute atomic E-state index is 13.0. The molecule has 0 atom stereocenters. The van der Waals surface area contributed by atoms with Gasteiger partial charge in [0.15, 0.2) is 11.5 Å². The molecule has 7 heteroatoms. The van der Waals surface area contributed by atoms with E-state index in [9.17, 15) is 4.79 Å². The zero-order valence-electron chi connectivity index (χ0n) is 15.2. The van der Waals surface area contributed by atoms with Gasteiger partial charge in [-0.3, -0.25) is 9.69 Å². The summed E-state index contributed by atoms with van der Waals surface area (Å²) >= 11 is 7.96. The second-order valence-electron chi connectivity index (χ2n) is 7.00. The molecule has 5 rings (SSSR count). The number of carbonyl (C=O) groups excluding carboxylic acids is 1. The van der Waals surface area contributed by atoms with Crippen molar-refractivity contribution in [1.82, 2.24) is 9.80 Å². The van der Waals surface area contributed by atoms with Crippen molar-refractivity contribution in [3.63, 3.8) is 0 Å². The van der Waals surface area contributed by atoms with Gasteiger partial charge in [0.1, 0.15) is 4.88 Å². The van der Waals surface area contributed by atoms with E-state index in [2.05, 4.69) is 11.0 Å². The Hall–Kier alpha value is -2.28. The molecule has 1 saturated heterocycles. The van der Waals surface area contributed by atoms with Crippen molar-refractivity contribution >= 4 is 38.9 Å². The van der Waals surface area contributed by atoms with Crippen LogP contribution < -0.4 is 9.47 Å². The highest BCUT2D eigenvalue weighted by Gasteiger charge is 2.26. The van der Waals surface area contributed by atoms with E-state index in [1.807, 2.05) is 41.3 Å². The second kappa shape index (κ2) is 7.28. The minimum absolute atomic E-state index is 0.0360. The molecule has 0 saturated carbocycles. The van der Waals surface area contributed by atoms with Crippen LogP contribution in [0.1, 0.15) is 15.2 Å². The third kappa shape index (κ3) is 3.21. The molecule has 144 valence electrons. The van der Waals surface area contributed by atoms with Crippen molar-refractivity contribution in [3.8, 4) is 11.5 Å². The predicted octanol–water partition coefficient (Wildman–Crippen LogP) is 4.24. The fourth-order valence-electron chi connectivity index (χ4n) is 3.70. The molecule has 0 N–H and O–H groups in total. The zero-order valence-corrected chi connectivity index (χ0v) is 16.8. The number of nitrogens with zero attached hydrogens (tertiary/aromatic N) is 2. The van der Waals surface area contributed by atoms with E-state index in [1.54, 1.807) is 0 Å². The Kier molecular flexibility index (Phi) is 4.62. The highest BCUT2D eigenvalue weighted by molar-refractivity contribution is 7.21. The molecule has 2 aliphatic rings. The first-order chi connectivity index (χ1) is 13.7. The third-order valence-corrected chi connectivity index (χ3v) is 6.90. The molecule has 28 heavy (non-hydrogen) atoms. The number of rotatable bonds is 3. The lowest BCUT2D eigenvalue weighted by molar-refractivity contribution is 0.0633. The van der Waals surface area contributed by atoms with Gasteiger partial charge in [-0.15, -0.1) is 11.3 Å². The first-order valence-electron chi connectivity index (χ1n) is 9.26. The molecule has 2 aliphatic heterocycles. The van der Waals surface area contributed by atoms with Gasteiger partial charge >= 0.3 is 0 Å². The number of ether oxygens (including phenoxy) is 2. The van der Waals surface area contributed by atoms with Crippen LogP contribution in [0.15, 0.2) is 42.5 Å². The van der Waals surface area contributed by atoms with Crippen LogP contribution in [-0.4, -0.2) is 48.7 Å². The number of halogens is 1. The molecule has 0 spiro atoms. The van der Waals surface area contributed by atoms with Crippen LogP contribution in [0, 0.1) is 0 Å². The van der Waals surface area contributed by atoms with E-state index in [1.165, 1.54) is 16.9 Å². The minimum Gasteiger partial charge on any atom is -0.454 e. The van der Waals surface area contributed by atoms with E-state index in [4.69, 9.17) is 21.1 Å². The van der Waals surface area contributed by atoms with Crippen LogP contribution in [0.25, 0.3) is 10.1 Å². The second-order valence-corrected chi connectivity index (χ2v) is 8.43. The number of hydrogen-bond donors (Lipinski definition) is 0. The van der Waals surface area contributed by atoms with E-state index < -0.39 is 0 Å². The average molecular weight is 415 g/mol. The summed E-state index contributed by atoms with van der Waals surface area (Å²) in [5.74, 6) is 1.65. The number of fused-ring (bicyclic) bond motifs is 2. The van der Waals surface area contributed by atoms with Gasteiger partial charge in [-0.25, -0.2) is 0 Å². The summed E-state index contributed by atoms with van der Waals surface area (Å²) in [7, 11) is 0. The summed E-state index contributed by atoms with van der Waals surface area (Å²) in [6, 6.07) is 14.0. The van der Waals surface area contributed by atoms with E-state index >= 15 is 0 Å². The molecule has 3 heterocycles. The summed E-state index contributed by atoms with van der Waals surface area (Å²) in [6.45, 7) is 4.20. The maximum Gasteiger partial charge on any atom is 0.265 e. The van der Waals surface area contributed by atoms with Crippen molar-refractivity contribution in [2.75, 3.05) is 33.0 Å². The minimum atomic E-state index is 0.0360. The first-order valence-corrected chi connectivity index (χ1v) is 10.5. The van der Waals surface area contributed by atoms with Crippen molar-refractivity contribution in [2.24, 2.45) is 0 Å². The van der Waals surface area contributed by atoms with Crippen LogP contribution in [0.2, 0.25) is 5.02 Å². The number of amides is 1. The Labute approximate surface area is 172 Å². The lowest BCUT2D eigenvalue weighted by Gasteiger charge is -2.34.